The van der Waals surface area contributed by atoms with Gasteiger partial charge in [-0.15, -0.1) is 0 Å². The highest BCUT2D eigenvalue weighted by atomic mass is 16.5. The monoisotopic (exact) mass is 227 g/mol. The van der Waals surface area contributed by atoms with Crippen LogP contribution in [-0.2, 0) is 14.3 Å². The summed E-state index contributed by atoms with van der Waals surface area (Å²) in [7, 11) is 1.44. The van der Waals surface area contributed by atoms with Crippen molar-refractivity contribution in [3.8, 4) is 0 Å². The van der Waals surface area contributed by atoms with Crippen molar-refractivity contribution in [1.82, 2.24) is 5.32 Å². The van der Waals surface area contributed by atoms with E-state index in [0.717, 1.165) is 6.42 Å². The maximum atomic E-state index is 11.5. The molecule has 0 aromatic heterocycles. The van der Waals surface area contributed by atoms with Crippen LogP contribution in [0.5, 0.6) is 0 Å². The zero-order chi connectivity index (χ0) is 11.4. The highest BCUT2D eigenvalue weighted by Gasteiger charge is 2.29. The summed E-state index contributed by atoms with van der Waals surface area (Å²) in [5, 5.41) is 3.30. The Morgan fingerprint density at radius 2 is 2.12 bits per heavy atom. The van der Waals surface area contributed by atoms with Gasteiger partial charge in [0, 0.05) is 12.6 Å². The minimum absolute atomic E-state index is 0.163. The summed E-state index contributed by atoms with van der Waals surface area (Å²) in [6.45, 7) is 0.657. The minimum Gasteiger partial charge on any atom is -0.468 e. The van der Waals surface area contributed by atoms with Gasteiger partial charge in [0.15, 0.2) is 0 Å². The number of hydrogen-bond donors (Lipinski definition) is 1. The van der Waals surface area contributed by atoms with Gasteiger partial charge in [-0.2, -0.15) is 0 Å². The second kappa shape index (κ2) is 5.64. The van der Waals surface area contributed by atoms with E-state index in [1.54, 1.807) is 0 Å². The molecule has 4 nitrogen and oxygen atoms in total. The fourth-order valence-electron chi connectivity index (χ4n) is 1.84. The first-order chi connectivity index (χ1) is 7.79. The van der Waals surface area contributed by atoms with Gasteiger partial charge in [0.05, 0.1) is 13.2 Å². The lowest BCUT2D eigenvalue weighted by atomic mass is 9.96. The van der Waals surface area contributed by atoms with E-state index in [9.17, 15) is 4.79 Å². The second-order valence-electron chi connectivity index (χ2n) is 4.73. The predicted molar refractivity (Wildman–Crippen MR) is 60.2 cm³/mol. The molecule has 0 radical (unpaired) electrons. The normalized spacial score (nSPS) is 22.6. The lowest BCUT2D eigenvalue weighted by Crippen LogP contribution is -2.40. The lowest BCUT2D eigenvalue weighted by Gasteiger charge is -2.26. The van der Waals surface area contributed by atoms with Gasteiger partial charge in [-0.05, 0) is 38.5 Å². The molecule has 0 bridgehead atoms. The van der Waals surface area contributed by atoms with Crippen LogP contribution in [0.3, 0.4) is 0 Å². The van der Waals surface area contributed by atoms with E-state index >= 15 is 0 Å². The van der Waals surface area contributed by atoms with Crippen molar-refractivity contribution >= 4 is 5.97 Å². The highest BCUT2D eigenvalue weighted by Crippen LogP contribution is 2.23. The first-order valence-corrected chi connectivity index (χ1v) is 6.25. The molecule has 92 valence electrons. The SMILES string of the molecule is COC(=O)C(CCOC1CCC1)NC1CC1. The van der Waals surface area contributed by atoms with Gasteiger partial charge in [0.25, 0.3) is 0 Å². The standard InChI is InChI=1S/C12H21NO3/c1-15-12(14)11(13-9-5-6-9)7-8-16-10-3-2-4-10/h9-11,13H,2-8H2,1H3. The summed E-state index contributed by atoms with van der Waals surface area (Å²) < 4.78 is 10.4. The van der Waals surface area contributed by atoms with E-state index in [4.69, 9.17) is 9.47 Å². The van der Waals surface area contributed by atoms with Gasteiger partial charge in [-0.25, -0.2) is 0 Å². The number of carbonyl (C=O) groups excluding carboxylic acids is 1. The van der Waals surface area contributed by atoms with Gasteiger partial charge in [0.2, 0.25) is 0 Å². The number of ether oxygens (including phenoxy) is 2. The van der Waals surface area contributed by atoms with Crippen molar-refractivity contribution < 1.29 is 14.3 Å². The average molecular weight is 227 g/mol. The molecular weight excluding hydrogens is 206 g/mol. The van der Waals surface area contributed by atoms with E-state index in [1.807, 2.05) is 0 Å². The third-order valence-corrected chi connectivity index (χ3v) is 3.31. The molecule has 0 saturated heterocycles. The van der Waals surface area contributed by atoms with Crippen molar-refractivity contribution in [2.75, 3.05) is 13.7 Å². The molecule has 0 aromatic carbocycles. The molecule has 4 heteroatoms. The van der Waals surface area contributed by atoms with Crippen LogP contribution in [0.25, 0.3) is 0 Å². The Hall–Kier alpha value is -0.610. The van der Waals surface area contributed by atoms with Gasteiger partial charge in [0.1, 0.15) is 6.04 Å². The Labute approximate surface area is 96.7 Å². The van der Waals surface area contributed by atoms with Gasteiger partial charge in [-0.3, -0.25) is 4.79 Å². The molecule has 0 amide bonds. The Morgan fingerprint density at radius 3 is 2.62 bits per heavy atom. The summed E-state index contributed by atoms with van der Waals surface area (Å²) in [6.07, 6.45) is 7.16. The number of carbonyl (C=O) groups is 1. The third kappa shape index (κ3) is 3.46. The van der Waals surface area contributed by atoms with Crippen LogP contribution < -0.4 is 5.32 Å². The molecule has 2 rings (SSSR count). The van der Waals surface area contributed by atoms with Crippen molar-refractivity contribution in [2.45, 2.75) is 56.7 Å². The zero-order valence-electron chi connectivity index (χ0n) is 9.91. The number of hydrogen-bond acceptors (Lipinski definition) is 4. The zero-order valence-corrected chi connectivity index (χ0v) is 9.91. The molecule has 2 fully saturated rings. The lowest BCUT2D eigenvalue weighted by molar-refractivity contribution is -0.144. The van der Waals surface area contributed by atoms with Crippen LogP contribution >= 0.6 is 0 Å². The van der Waals surface area contributed by atoms with Crippen LogP contribution in [0.2, 0.25) is 0 Å². The van der Waals surface area contributed by atoms with Crippen LogP contribution in [0.15, 0.2) is 0 Å². The van der Waals surface area contributed by atoms with Crippen LogP contribution in [-0.4, -0.2) is 37.9 Å². The van der Waals surface area contributed by atoms with Crippen LogP contribution in [0.1, 0.15) is 38.5 Å². The second-order valence-corrected chi connectivity index (χ2v) is 4.73. The Bertz CT molecular complexity index is 236. The maximum Gasteiger partial charge on any atom is 0.322 e. The maximum absolute atomic E-state index is 11.5. The van der Waals surface area contributed by atoms with Crippen LogP contribution in [0, 0.1) is 0 Å². The largest absolute Gasteiger partial charge is 0.468 e. The molecule has 0 spiro atoms. The van der Waals surface area contributed by atoms with E-state index in [-0.39, 0.29) is 12.0 Å². The number of esters is 1. The van der Waals surface area contributed by atoms with Crippen molar-refractivity contribution in [3.05, 3.63) is 0 Å². The molecule has 16 heavy (non-hydrogen) atoms. The quantitative estimate of drug-likeness (QED) is 0.665. The molecule has 1 N–H and O–H groups in total. The van der Waals surface area contributed by atoms with Crippen LogP contribution in [0.4, 0.5) is 0 Å². The van der Waals surface area contributed by atoms with Crippen molar-refractivity contribution in [2.24, 2.45) is 0 Å². The molecule has 2 aliphatic carbocycles. The number of methoxy groups -OCH3 is 1. The number of rotatable bonds is 7. The van der Waals surface area contributed by atoms with Gasteiger partial charge < -0.3 is 14.8 Å². The molecule has 2 aliphatic rings. The molecular formula is C12H21NO3. The van der Waals surface area contributed by atoms with Crippen molar-refractivity contribution in [1.29, 1.82) is 0 Å². The summed E-state index contributed by atoms with van der Waals surface area (Å²) in [6, 6.07) is 0.338. The first kappa shape index (κ1) is 11.9. The topological polar surface area (TPSA) is 47.6 Å². The smallest absolute Gasteiger partial charge is 0.322 e. The summed E-state index contributed by atoms with van der Waals surface area (Å²) in [5.74, 6) is -0.163. The molecule has 0 aromatic rings. The van der Waals surface area contributed by atoms with Crippen molar-refractivity contribution in [3.63, 3.8) is 0 Å². The Balaban J connectivity index is 1.65. The fraction of sp³-hybridized carbons (Fsp3) is 0.917. The first-order valence-electron chi connectivity index (χ1n) is 6.25. The predicted octanol–water partition coefficient (Wildman–Crippen LogP) is 1.24. The molecule has 0 heterocycles. The van der Waals surface area contributed by atoms with Gasteiger partial charge in [-0.1, -0.05) is 0 Å². The third-order valence-electron chi connectivity index (χ3n) is 3.31. The van der Waals surface area contributed by atoms with E-state index < -0.39 is 0 Å². The Kier molecular flexibility index (Phi) is 4.18. The molecule has 0 aliphatic heterocycles. The highest BCUT2D eigenvalue weighted by molar-refractivity contribution is 5.75. The van der Waals surface area contributed by atoms with E-state index in [1.165, 1.54) is 39.2 Å². The molecule has 1 unspecified atom stereocenters. The van der Waals surface area contributed by atoms with E-state index in [0.29, 0.717) is 18.8 Å². The molecule has 2 saturated carbocycles. The number of nitrogens with one attached hydrogen (secondary N) is 1. The Morgan fingerprint density at radius 1 is 1.38 bits per heavy atom. The average Bonchev–Trinajstić information content (AvgIpc) is 3.02. The van der Waals surface area contributed by atoms with E-state index in [2.05, 4.69) is 5.32 Å². The summed E-state index contributed by atoms with van der Waals surface area (Å²) in [5.41, 5.74) is 0. The summed E-state index contributed by atoms with van der Waals surface area (Å²) in [4.78, 5) is 11.5. The molecule has 1 atom stereocenters. The summed E-state index contributed by atoms with van der Waals surface area (Å²) >= 11 is 0. The minimum atomic E-state index is -0.183. The van der Waals surface area contributed by atoms with Gasteiger partial charge >= 0.3 is 5.97 Å². The fourth-order valence-corrected chi connectivity index (χ4v) is 1.84.